The molecule has 0 heterocycles. The Kier molecular flexibility index (Phi) is 3.22. The minimum atomic E-state index is -2.45. The Labute approximate surface area is 72.8 Å². The van der Waals surface area contributed by atoms with Crippen LogP contribution in [0.4, 0.5) is 8.78 Å². The molecule has 1 aromatic rings. The fourth-order valence-electron chi connectivity index (χ4n) is 0.736. The molecular formula is C8H5F2OS. The maximum absolute atomic E-state index is 11.8. The van der Waals surface area contributed by atoms with E-state index in [1.54, 1.807) is 12.4 Å². The van der Waals surface area contributed by atoms with Gasteiger partial charge in [0.05, 0.1) is 0 Å². The average molecular weight is 187 g/mol. The Balaban J connectivity index is 2.79. The van der Waals surface area contributed by atoms with Crippen molar-refractivity contribution in [3.05, 3.63) is 29.8 Å². The van der Waals surface area contributed by atoms with E-state index in [9.17, 15) is 13.6 Å². The number of rotatable bonds is 3. The quantitative estimate of drug-likeness (QED) is 0.676. The molecule has 0 spiro atoms. The number of carbonyl (C=O) groups excluding carboxylic acids is 1. The summed E-state index contributed by atoms with van der Waals surface area (Å²) in [7, 11) is 0. The Morgan fingerprint density at radius 1 is 1.42 bits per heavy atom. The van der Waals surface area contributed by atoms with Crippen molar-refractivity contribution in [1.82, 2.24) is 0 Å². The van der Waals surface area contributed by atoms with E-state index in [0.717, 1.165) is 0 Å². The van der Waals surface area contributed by atoms with Crippen LogP contribution in [0.3, 0.4) is 0 Å². The van der Waals surface area contributed by atoms with Crippen LogP contribution >= 0.6 is 11.8 Å². The van der Waals surface area contributed by atoms with Gasteiger partial charge in [0.15, 0.2) is 0 Å². The second-order valence-electron chi connectivity index (χ2n) is 2.01. The summed E-state index contributed by atoms with van der Waals surface area (Å²) in [4.78, 5) is 10.5. The van der Waals surface area contributed by atoms with Crippen molar-refractivity contribution in [3.8, 4) is 0 Å². The van der Waals surface area contributed by atoms with Crippen molar-refractivity contribution in [2.45, 2.75) is 10.7 Å². The second kappa shape index (κ2) is 4.21. The van der Waals surface area contributed by atoms with E-state index in [2.05, 4.69) is 0 Å². The summed E-state index contributed by atoms with van der Waals surface area (Å²) in [5, 5.41) is 0. The van der Waals surface area contributed by atoms with Crippen LogP contribution in [-0.4, -0.2) is 12.0 Å². The standard InChI is InChI=1S/C8H5F2OS/c9-8(10)12-7-3-1-2-6(4-7)5-11/h1-4,8H. The highest BCUT2D eigenvalue weighted by atomic mass is 32.2. The van der Waals surface area contributed by atoms with E-state index in [4.69, 9.17) is 0 Å². The summed E-state index contributed by atoms with van der Waals surface area (Å²) in [5.41, 5.74) is 0.292. The van der Waals surface area contributed by atoms with E-state index in [1.807, 2.05) is 0 Å². The van der Waals surface area contributed by atoms with Gasteiger partial charge in [-0.25, -0.2) is 0 Å². The van der Waals surface area contributed by atoms with Gasteiger partial charge in [0.1, 0.15) is 0 Å². The molecule has 0 amide bonds. The number of hydrogen-bond donors (Lipinski definition) is 0. The molecule has 0 N–H and O–H groups in total. The molecule has 0 unspecified atom stereocenters. The average Bonchev–Trinajstić information content (AvgIpc) is 2.03. The van der Waals surface area contributed by atoms with Crippen LogP contribution in [0.15, 0.2) is 29.2 Å². The number of halogens is 2. The lowest BCUT2D eigenvalue weighted by Crippen LogP contribution is -1.84. The third-order valence-electron chi connectivity index (χ3n) is 1.18. The monoisotopic (exact) mass is 187 g/mol. The highest BCUT2D eigenvalue weighted by Gasteiger charge is 2.04. The zero-order valence-corrected chi connectivity index (χ0v) is 6.78. The van der Waals surface area contributed by atoms with Crippen molar-refractivity contribution in [2.75, 3.05) is 0 Å². The largest absolute Gasteiger partial charge is 0.288 e. The summed E-state index contributed by atoms with van der Waals surface area (Å²) in [5.74, 6) is -2.45. The first-order valence-corrected chi connectivity index (χ1v) is 4.03. The van der Waals surface area contributed by atoms with E-state index >= 15 is 0 Å². The number of thioether (sulfide) groups is 1. The molecule has 0 aliphatic carbocycles. The molecule has 1 rings (SSSR count). The van der Waals surface area contributed by atoms with E-state index in [1.165, 1.54) is 18.2 Å². The van der Waals surface area contributed by atoms with Gasteiger partial charge in [0.25, 0.3) is 5.76 Å². The predicted octanol–water partition coefficient (Wildman–Crippen LogP) is 2.46. The zero-order chi connectivity index (χ0) is 8.97. The van der Waals surface area contributed by atoms with Crippen LogP contribution in [0.25, 0.3) is 0 Å². The van der Waals surface area contributed by atoms with Crippen molar-refractivity contribution < 1.29 is 13.6 Å². The normalized spacial score (nSPS) is 10.2. The summed E-state index contributed by atoms with van der Waals surface area (Å²) < 4.78 is 23.6. The Morgan fingerprint density at radius 3 is 2.75 bits per heavy atom. The van der Waals surface area contributed by atoms with Crippen LogP contribution in [0.1, 0.15) is 5.56 Å². The van der Waals surface area contributed by atoms with E-state index in [0.29, 0.717) is 22.2 Å². The third-order valence-corrected chi connectivity index (χ3v) is 1.88. The molecule has 4 heteroatoms. The number of hydrogen-bond acceptors (Lipinski definition) is 2. The Morgan fingerprint density at radius 2 is 2.17 bits per heavy atom. The predicted molar refractivity (Wildman–Crippen MR) is 43.1 cm³/mol. The van der Waals surface area contributed by atoms with Gasteiger partial charge in [-0.3, -0.25) is 4.79 Å². The molecule has 1 aromatic carbocycles. The van der Waals surface area contributed by atoms with Gasteiger partial charge < -0.3 is 0 Å². The summed E-state index contributed by atoms with van der Waals surface area (Å²) in [6.45, 7) is 0. The highest BCUT2D eigenvalue weighted by Crippen LogP contribution is 2.25. The summed E-state index contributed by atoms with van der Waals surface area (Å²) >= 11 is 0.416. The zero-order valence-electron chi connectivity index (χ0n) is 5.96. The lowest BCUT2D eigenvalue weighted by molar-refractivity contribution is 0.252. The van der Waals surface area contributed by atoms with Crippen LogP contribution in [-0.2, 0) is 4.79 Å². The number of benzene rings is 1. The first kappa shape index (κ1) is 9.19. The molecule has 0 bridgehead atoms. The van der Waals surface area contributed by atoms with Crippen molar-refractivity contribution in [3.63, 3.8) is 0 Å². The second-order valence-corrected chi connectivity index (χ2v) is 3.07. The number of alkyl halides is 2. The van der Waals surface area contributed by atoms with Crippen molar-refractivity contribution in [2.24, 2.45) is 0 Å². The van der Waals surface area contributed by atoms with Gasteiger partial charge in [0, 0.05) is 10.5 Å². The van der Waals surface area contributed by atoms with Gasteiger partial charge in [-0.05, 0) is 12.1 Å². The van der Waals surface area contributed by atoms with E-state index < -0.39 is 5.76 Å². The molecule has 0 atom stereocenters. The molecule has 0 aliphatic rings. The smallest absolute Gasteiger partial charge is 0.285 e. The van der Waals surface area contributed by atoms with Crippen molar-refractivity contribution in [1.29, 1.82) is 0 Å². The van der Waals surface area contributed by atoms with Crippen LogP contribution in [0.2, 0.25) is 0 Å². The molecule has 0 aromatic heterocycles. The molecule has 1 radical (unpaired) electrons. The molecule has 0 fully saturated rings. The fourth-order valence-corrected chi connectivity index (χ4v) is 1.29. The molecule has 63 valence electrons. The summed E-state index contributed by atoms with van der Waals surface area (Å²) in [6, 6.07) is 5.97. The van der Waals surface area contributed by atoms with Crippen LogP contribution in [0.5, 0.6) is 0 Å². The molecule has 0 aliphatic heterocycles. The lowest BCUT2D eigenvalue weighted by Gasteiger charge is -1.98. The van der Waals surface area contributed by atoms with Crippen LogP contribution in [0, 0.1) is 0 Å². The molecule has 12 heavy (non-hydrogen) atoms. The Bertz CT molecular complexity index is 276. The van der Waals surface area contributed by atoms with Crippen LogP contribution < -0.4 is 0 Å². The fraction of sp³-hybridized carbons (Fsp3) is 0.125. The van der Waals surface area contributed by atoms with Crippen molar-refractivity contribution >= 4 is 18.0 Å². The third kappa shape index (κ3) is 2.62. The first-order chi connectivity index (χ1) is 5.72. The topological polar surface area (TPSA) is 17.1 Å². The Hall–Kier alpha value is -0.900. The maximum atomic E-state index is 11.8. The minimum Gasteiger partial charge on any atom is -0.285 e. The molecule has 1 nitrogen and oxygen atoms in total. The molecule has 0 saturated heterocycles. The van der Waals surface area contributed by atoms with Gasteiger partial charge in [0.2, 0.25) is 6.29 Å². The minimum absolute atomic E-state index is 0.292. The van der Waals surface area contributed by atoms with Gasteiger partial charge in [-0.2, -0.15) is 8.78 Å². The highest BCUT2D eigenvalue weighted by molar-refractivity contribution is 7.99. The summed E-state index contributed by atoms with van der Waals surface area (Å²) in [6.07, 6.45) is 1.63. The SMILES string of the molecule is O=[C]c1cccc(SC(F)F)c1. The maximum Gasteiger partial charge on any atom is 0.288 e. The molecular weight excluding hydrogens is 182 g/mol. The first-order valence-electron chi connectivity index (χ1n) is 3.15. The van der Waals surface area contributed by atoms with Gasteiger partial charge >= 0.3 is 0 Å². The lowest BCUT2D eigenvalue weighted by atomic mass is 10.2. The van der Waals surface area contributed by atoms with Gasteiger partial charge in [-0.15, -0.1) is 0 Å². The van der Waals surface area contributed by atoms with Gasteiger partial charge in [-0.1, -0.05) is 23.9 Å². The van der Waals surface area contributed by atoms with E-state index in [-0.39, 0.29) is 0 Å². The molecule has 0 saturated carbocycles.